The molecular formula is C38H44N5+. The van der Waals surface area contributed by atoms with Gasteiger partial charge in [0, 0.05) is 37.2 Å². The molecule has 0 bridgehead atoms. The lowest BCUT2D eigenvalue weighted by atomic mass is 9.74. The van der Waals surface area contributed by atoms with Crippen LogP contribution in [0, 0.1) is 0 Å². The van der Waals surface area contributed by atoms with E-state index in [0.717, 1.165) is 57.8 Å². The molecule has 3 heterocycles. The fourth-order valence-corrected chi connectivity index (χ4v) is 7.97. The first-order valence-electron chi connectivity index (χ1n) is 16.3. The molecule has 2 saturated heterocycles. The van der Waals surface area contributed by atoms with Gasteiger partial charge in [-0.05, 0) is 87.1 Å². The van der Waals surface area contributed by atoms with E-state index in [-0.39, 0.29) is 0 Å². The van der Waals surface area contributed by atoms with Gasteiger partial charge in [0.1, 0.15) is 0 Å². The Labute approximate surface area is 255 Å². The Morgan fingerprint density at radius 1 is 0.814 bits per heavy atom. The van der Waals surface area contributed by atoms with Crippen LogP contribution >= 0.6 is 0 Å². The van der Waals surface area contributed by atoms with Crippen LogP contribution in [0.3, 0.4) is 0 Å². The molecule has 1 aliphatic carbocycles. The van der Waals surface area contributed by atoms with Crippen molar-refractivity contribution in [2.24, 2.45) is 4.99 Å². The van der Waals surface area contributed by atoms with Crippen LogP contribution in [0.25, 0.3) is 28.1 Å². The minimum Gasteiger partial charge on any atom is -0.354 e. The highest BCUT2D eigenvalue weighted by Gasteiger charge is 2.50. The molecule has 220 valence electrons. The van der Waals surface area contributed by atoms with E-state index < -0.39 is 0 Å². The first-order chi connectivity index (χ1) is 21.1. The van der Waals surface area contributed by atoms with Crippen molar-refractivity contribution in [2.75, 3.05) is 32.0 Å². The molecule has 0 spiro atoms. The number of benzene rings is 4. The van der Waals surface area contributed by atoms with E-state index in [0.29, 0.717) is 5.54 Å². The van der Waals surface area contributed by atoms with Crippen LogP contribution in [0.4, 0.5) is 11.4 Å². The predicted octanol–water partition coefficient (Wildman–Crippen LogP) is 8.50. The van der Waals surface area contributed by atoms with Crippen LogP contribution in [-0.4, -0.2) is 46.3 Å². The maximum Gasteiger partial charge on any atom is 0.0990 e. The standard InChI is InChI=1S/C38H44N5/c1-43-26-14-11-23-38(43,24-12-15-27-43)22-10-13-25-39-33-29-37-35(28-34(33)40-30-16-4-2-5-17-30)41-32-20-8-9-21-36(32)42(37)31-18-6-3-7-19-31/h2-9,16-21,28-29,40H,10-15,22-27H2,1H3/q+1. The number of nitrogens with zero attached hydrogens (tertiary/aromatic N) is 4. The normalized spacial score (nSPS) is 22.5. The van der Waals surface area contributed by atoms with E-state index in [1.807, 2.05) is 0 Å². The van der Waals surface area contributed by atoms with Gasteiger partial charge in [0.25, 0.3) is 0 Å². The Morgan fingerprint density at radius 2 is 1.51 bits per heavy atom. The van der Waals surface area contributed by atoms with Crippen molar-refractivity contribution < 1.29 is 4.48 Å². The summed E-state index contributed by atoms with van der Waals surface area (Å²) in [5, 5.41) is 4.65. The second-order valence-corrected chi connectivity index (χ2v) is 12.9. The van der Waals surface area contributed by atoms with Gasteiger partial charge in [-0.3, -0.25) is 4.99 Å². The monoisotopic (exact) mass is 570 g/mol. The number of unbranched alkanes of at least 4 members (excludes halogenated alkanes) is 1. The minimum absolute atomic E-state index is 0.507. The lowest BCUT2D eigenvalue weighted by Crippen LogP contribution is -2.66. The molecule has 3 aromatic carbocycles. The molecule has 7 rings (SSSR count). The van der Waals surface area contributed by atoms with E-state index in [4.69, 9.17) is 9.98 Å². The Morgan fingerprint density at radius 3 is 2.28 bits per heavy atom. The minimum atomic E-state index is 0.507. The topological polar surface area (TPSA) is 42.2 Å². The summed E-state index contributed by atoms with van der Waals surface area (Å²) in [6, 6.07) is 33.8. The smallest absolute Gasteiger partial charge is 0.0990 e. The van der Waals surface area contributed by atoms with Crippen molar-refractivity contribution in [1.29, 1.82) is 0 Å². The number of fused-ring (bicyclic) bond motifs is 3. The Bertz CT molecular complexity index is 1710. The zero-order valence-electron chi connectivity index (χ0n) is 25.5. The maximum absolute atomic E-state index is 5.26. The molecule has 1 N–H and O–H groups in total. The van der Waals surface area contributed by atoms with Gasteiger partial charge >= 0.3 is 0 Å². The molecule has 2 fully saturated rings. The van der Waals surface area contributed by atoms with E-state index in [1.54, 1.807) is 0 Å². The van der Waals surface area contributed by atoms with E-state index in [2.05, 4.69) is 114 Å². The summed E-state index contributed by atoms with van der Waals surface area (Å²) >= 11 is 0. The molecule has 5 heteroatoms. The van der Waals surface area contributed by atoms with Gasteiger partial charge in [-0.15, -0.1) is 0 Å². The van der Waals surface area contributed by atoms with Gasteiger partial charge in [-0.1, -0.05) is 48.5 Å². The van der Waals surface area contributed by atoms with Crippen molar-refractivity contribution in [1.82, 2.24) is 9.55 Å². The van der Waals surface area contributed by atoms with E-state index in [1.165, 1.54) is 68.9 Å². The lowest BCUT2D eigenvalue weighted by Gasteiger charge is -2.57. The number of rotatable bonds is 8. The molecule has 4 aliphatic rings. The second kappa shape index (κ2) is 12.0. The number of piperidine rings is 2. The van der Waals surface area contributed by atoms with Gasteiger partial charge in [0.2, 0.25) is 0 Å². The number of hydrogen-bond donors (Lipinski definition) is 1. The van der Waals surface area contributed by atoms with Crippen LogP contribution in [0.5, 0.6) is 0 Å². The maximum atomic E-state index is 5.26. The zero-order chi connectivity index (χ0) is 29.1. The number of hydrogen-bond acceptors (Lipinski definition) is 3. The van der Waals surface area contributed by atoms with E-state index in [9.17, 15) is 0 Å². The first kappa shape index (κ1) is 27.8. The average Bonchev–Trinajstić information content (AvgIpc) is 3.04. The first-order valence-corrected chi connectivity index (χ1v) is 16.3. The molecule has 3 aliphatic heterocycles. The predicted molar refractivity (Wildman–Crippen MR) is 178 cm³/mol. The zero-order valence-corrected chi connectivity index (χ0v) is 25.5. The summed E-state index contributed by atoms with van der Waals surface area (Å²) in [5.74, 6) is 0. The largest absolute Gasteiger partial charge is 0.354 e. The number of para-hydroxylation sites is 4. The van der Waals surface area contributed by atoms with Gasteiger partial charge < -0.3 is 14.4 Å². The molecule has 0 atom stereocenters. The summed E-state index contributed by atoms with van der Waals surface area (Å²) in [6.45, 7) is 3.58. The molecule has 0 aromatic heterocycles. The summed E-state index contributed by atoms with van der Waals surface area (Å²) < 4.78 is 3.65. The second-order valence-electron chi connectivity index (χ2n) is 12.9. The Kier molecular flexibility index (Phi) is 7.75. The van der Waals surface area contributed by atoms with E-state index >= 15 is 0 Å². The SMILES string of the molecule is C[N+]12CCCCC1(CCCCN=c1cc3n(-c4ccccc4)c4ccccc4nc-3cc1Nc1ccccc1)CCCC2. The lowest BCUT2D eigenvalue weighted by molar-refractivity contribution is -0.970. The molecular weight excluding hydrogens is 526 g/mol. The number of quaternary nitrogens is 1. The highest BCUT2D eigenvalue weighted by atomic mass is 15.4. The molecule has 0 saturated carbocycles. The summed E-state index contributed by atoms with van der Waals surface area (Å²) in [6.07, 6.45) is 12.2. The van der Waals surface area contributed by atoms with Crippen molar-refractivity contribution in [2.45, 2.75) is 63.3 Å². The fourth-order valence-electron chi connectivity index (χ4n) is 7.97. The highest BCUT2D eigenvalue weighted by Crippen LogP contribution is 2.45. The van der Waals surface area contributed by atoms with Crippen molar-refractivity contribution in [3.05, 3.63) is 102 Å². The highest BCUT2D eigenvalue weighted by molar-refractivity contribution is 5.84. The third-order valence-electron chi connectivity index (χ3n) is 10.3. The number of anilines is 2. The van der Waals surface area contributed by atoms with Crippen molar-refractivity contribution in [3.8, 4) is 17.1 Å². The third-order valence-corrected chi connectivity index (χ3v) is 10.3. The van der Waals surface area contributed by atoms with Gasteiger partial charge in [-0.2, -0.15) is 0 Å². The average molecular weight is 571 g/mol. The molecule has 0 unspecified atom stereocenters. The quantitative estimate of drug-likeness (QED) is 0.115. The van der Waals surface area contributed by atoms with Gasteiger partial charge in [0.05, 0.1) is 59.1 Å². The third kappa shape index (κ3) is 5.47. The van der Waals surface area contributed by atoms with Gasteiger partial charge in [-0.25, -0.2) is 4.98 Å². The summed E-state index contributed by atoms with van der Waals surface area (Å²) in [7, 11) is 2.55. The molecule has 3 aromatic rings. The van der Waals surface area contributed by atoms with Crippen LogP contribution in [0.15, 0.2) is 102 Å². The fraction of sp³-hybridized carbons (Fsp3) is 0.368. The van der Waals surface area contributed by atoms with Crippen molar-refractivity contribution >= 4 is 22.4 Å². The van der Waals surface area contributed by atoms with Crippen LogP contribution in [0.1, 0.15) is 57.8 Å². The molecule has 0 radical (unpaired) electrons. The molecule has 5 nitrogen and oxygen atoms in total. The Hall–Kier alpha value is -3.96. The number of aromatic nitrogens is 2. The molecule has 43 heavy (non-hydrogen) atoms. The van der Waals surface area contributed by atoms with Crippen LogP contribution < -0.4 is 10.7 Å². The van der Waals surface area contributed by atoms with Crippen LogP contribution in [0.2, 0.25) is 0 Å². The molecule has 0 amide bonds. The van der Waals surface area contributed by atoms with Crippen molar-refractivity contribution in [3.63, 3.8) is 0 Å². The van der Waals surface area contributed by atoms with Gasteiger partial charge in [0.15, 0.2) is 0 Å². The summed E-state index contributed by atoms with van der Waals surface area (Å²) in [5.41, 5.74) is 7.78. The van der Waals surface area contributed by atoms with Crippen LogP contribution in [-0.2, 0) is 0 Å². The number of nitrogens with one attached hydrogen (secondary N) is 1. The summed E-state index contributed by atoms with van der Waals surface area (Å²) in [4.78, 5) is 10.4. The Balaban J connectivity index is 1.24.